The van der Waals surface area contributed by atoms with E-state index in [0.717, 1.165) is 6.92 Å². The van der Waals surface area contributed by atoms with Gasteiger partial charge in [-0.05, 0) is 25.1 Å². The molecule has 8 heteroatoms. The lowest BCUT2D eigenvalue weighted by Crippen LogP contribution is -2.47. The number of carbonyl (C=O) groups is 3. The number of anilines is 2. The maximum atomic E-state index is 11.6. The number of aliphatic carboxylic acids is 1. The molecule has 21 heavy (non-hydrogen) atoms. The number of urea groups is 1. The van der Waals surface area contributed by atoms with Gasteiger partial charge in [-0.3, -0.25) is 4.79 Å². The SMILES string of the molecule is CC(=O)Nc1cccc(NC(=O)NCC(C)(O)C(=O)O)c1. The molecule has 1 aromatic carbocycles. The quantitative estimate of drug-likeness (QED) is 0.543. The number of nitrogens with one attached hydrogen (secondary N) is 3. The van der Waals surface area contributed by atoms with Crippen molar-refractivity contribution in [1.29, 1.82) is 0 Å². The Morgan fingerprint density at radius 2 is 1.76 bits per heavy atom. The molecule has 1 aromatic rings. The van der Waals surface area contributed by atoms with Gasteiger partial charge in [-0.25, -0.2) is 9.59 Å². The van der Waals surface area contributed by atoms with Gasteiger partial charge in [0.25, 0.3) is 0 Å². The van der Waals surface area contributed by atoms with Gasteiger partial charge < -0.3 is 26.2 Å². The molecule has 0 fully saturated rings. The van der Waals surface area contributed by atoms with Crippen molar-refractivity contribution in [1.82, 2.24) is 5.32 Å². The van der Waals surface area contributed by atoms with E-state index in [-0.39, 0.29) is 5.91 Å². The van der Waals surface area contributed by atoms with E-state index in [2.05, 4.69) is 16.0 Å². The van der Waals surface area contributed by atoms with E-state index in [1.807, 2.05) is 0 Å². The Morgan fingerprint density at radius 3 is 2.29 bits per heavy atom. The number of aliphatic hydroxyl groups is 1. The van der Waals surface area contributed by atoms with Crippen LogP contribution in [0, 0.1) is 0 Å². The fraction of sp³-hybridized carbons (Fsp3) is 0.308. The fourth-order valence-electron chi connectivity index (χ4n) is 1.38. The largest absolute Gasteiger partial charge is 0.479 e. The number of carboxylic acids is 1. The summed E-state index contributed by atoms with van der Waals surface area (Å²) < 4.78 is 0. The maximum absolute atomic E-state index is 11.6. The van der Waals surface area contributed by atoms with E-state index in [1.165, 1.54) is 13.0 Å². The van der Waals surface area contributed by atoms with Crippen LogP contribution in [0.4, 0.5) is 16.2 Å². The third-order valence-corrected chi connectivity index (χ3v) is 2.49. The molecular weight excluding hydrogens is 278 g/mol. The first-order valence-electron chi connectivity index (χ1n) is 6.09. The summed E-state index contributed by atoms with van der Waals surface area (Å²) in [5, 5.41) is 25.4. The average Bonchev–Trinajstić information content (AvgIpc) is 2.36. The molecule has 0 aromatic heterocycles. The standard InChI is InChI=1S/C13H17N3O5/c1-8(17)15-9-4-3-5-10(6-9)16-12(20)14-7-13(2,21)11(18)19/h3-6,21H,7H2,1-2H3,(H,15,17)(H,18,19)(H2,14,16,20). The lowest BCUT2D eigenvalue weighted by atomic mass is 10.1. The number of hydrogen-bond donors (Lipinski definition) is 5. The van der Waals surface area contributed by atoms with Crippen molar-refractivity contribution in [3.63, 3.8) is 0 Å². The molecule has 0 radical (unpaired) electrons. The number of benzene rings is 1. The first-order chi connectivity index (χ1) is 9.70. The van der Waals surface area contributed by atoms with Gasteiger partial charge in [0.2, 0.25) is 5.91 Å². The van der Waals surface area contributed by atoms with E-state index in [4.69, 9.17) is 5.11 Å². The van der Waals surface area contributed by atoms with Crippen LogP contribution in [0.25, 0.3) is 0 Å². The van der Waals surface area contributed by atoms with Gasteiger partial charge in [-0.1, -0.05) is 6.07 Å². The number of carbonyl (C=O) groups excluding carboxylic acids is 2. The highest BCUT2D eigenvalue weighted by Crippen LogP contribution is 2.14. The lowest BCUT2D eigenvalue weighted by Gasteiger charge is -2.18. The predicted molar refractivity (Wildman–Crippen MR) is 76.0 cm³/mol. The molecule has 0 aliphatic heterocycles. The monoisotopic (exact) mass is 295 g/mol. The van der Waals surface area contributed by atoms with Crippen LogP contribution in [-0.4, -0.2) is 40.3 Å². The first kappa shape index (κ1) is 16.4. The minimum absolute atomic E-state index is 0.242. The number of rotatable bonds is 5. The molecule has 0 saturated heterocycles. The van der Waals surface area contributed by atoms with Gasteiger partial charge in [0, 0.05) is 18.3 Å². The van der Waals surface area contributed by atoms with Crippen molar-refractivity contribution < 1.29 is 24.6 Å². The van der Waals surface area contributed by atoms with E-state index >= 15 is 0 Å². The molecule has 5 N–H and O–H groups in total. The molecule has 0 aliphatic rings. The molecule has 0 aliphatic carbocycles. The van der Waals surface area contributed by atoms with Crippen LogP contribution in [0.3, 0.4) is 0 Å². The normalized spacial score (nSPS) is 12.9. The van der Waals surface area contributed by atoms with Crippen LogP contribution in [-0.2, 0) is 9.59 Å². The molecule has 0 heterocycles. The third kappa shape index (κ3) is 5.49. The van der Waals surface area contributed by atoms with Crippen molar-refractivity contribution >= 4 is 29.3 Å². The fourth-order valence-corrected chi connectivity index (χ4v) is 1.38. The number of carboxylic acid groups (broad SMARTS) is 1. The van der Waals surface area contributed by atoms with E-state index in [1.54, 1.807) is 18.2 Å². The smallest absolute Gasteiger partial charge is 0.337 e. The first-order valence-corrected chi connectivity index (χ1v) is 6.09. The summed E-state index contributed by atoms with van der Waals surface area (Å²) in [5.74, 6) is -1.68. The highest BCUT2D eigenvalue weighted by molar-refractivity contribution is 5.92. The van der Waals surface area contributed by atoms with Crippen molar-refractivity contribution in [2.75, 3.05) is 17.2 Å². The van der Waals surface area contributed by atoms with Crippen LogP contribution < -0.4 is 16.0 Å². The summed E-state index contributed by atoms with van der Waals surface area (Å²) in [6.07, 6.45) is 0. The van der Waals surface area contributed by atoms with Gasteiger partial charge in [0.1, 0.15) is 0 Å². The summed E-state index contributed by atoms with van der Waals surface area (Å²) in [6, 6.07) is 5.75. The van der Waals surface area contributed by atoms with Crippen molar-refractivity contribution in [2.24, 2.45) is 0 Å². The summed E-state index contributed by atoms with van der Waals surface area (Å²) in [6.45, 7) is 1.99. The van der Waals surface area contributed by atoms with Gasteiger partial charge in [0.15, 0.2) is 5.60 Å². The van der Waals surface area contributed by atoms with Gasteiger partial charge in [-0.2, -0.15) is 0 Å². The van der Waals surface area contributed by atoms with Crippen molar-refractivity contribution in [3.05, 3.63) is 24.3 Å². The number of hydrogen-bond acceptors (Lipinski definition) is 4. The summed E-state index contributed by atoms with van der Waals surface area (Å²) in [7, 11) is 0. The zero-order valence-electron chi connectivity index (χ0n) is 11.6. The van der Waals surface area contributed by atoms with Crippen LogP contribution in [0.1, 0.15) is 13.8 Å². The molecule has 0 saturated carbocycles. The Kier molecular flexibility index (Phi) is 5.25. The average molecular weight is 295 g/mol. The highest BCUT2D eigenvalue weighted by atomic mass is 16.4. The number of amides is 3. The van der Waals surface area contributed by atoms with Gasteiger partial charge >= 0.3 is 12.0 Å². The second kappa shape index (κ2) is 6.71. The Morgan fingerprint density at radius 1 is 1.19 bits per heavy atom. The molecular formula is C13H17N3O5. The van der Waals surface area contributed by atoms with Crippen LogP contribution >= 0.6 is 0 Å². The molecule has 0 spiro atoms. The van der Waals surface area contributed by atoms with Crippen LogP contribution in [0.2, 0.25) is 0 Å². The highest BCUT2D eigenvalue weighted by Gasteiger charge is 2.30. The summed E-state index contributed by atoms with van der Waals surface area (Å²) in [5.41, 5.74) is -1.12. The topological polar surface area (TPSA) is 128 Å². The second-order valence-electron chi connectivity index (χ2n) is 4.65. The van der Waals surface area contributed by atoms with Gasteiger partial charge in [0.05, 0.1) is 6.54 Å². The van der Waals surface area contributed by atoms with E-state index in [9.17, 15) is 19.5 Å². The maximum Gasteiger partial charge on any atom is 0.337 e. The van der Waals surface area contributed by atoms with Crippen LogP contribution in [0.15, 0.2) is 24.3 Å². The Balaban J connectivity index is 2.59. The zero-order chi connectivity index (χ0) is 16.0. The minimum atomic E-state index is -2.05. The molecule has 1 atom stereocenters. The zero-order valence-corrected chi connectivity index (χ0v) is 11.6. The Labute approximate surface area is 121 Å². The van der Waals surface area contributed by atoms with Crippen molar-refractivity contribution in [2.45, 2.75) is 19.4 Å². The molecule has 114 valence electrons. The van der Waals surface area contributed by atoms with Crippen molar-refractivity contribution in [3.8, 4) is 0 Å². The Hall–Kier alpha value is -2.61. The molecule has 0 bridgehead atoms. The van der Waals surface area contributed by atoms with Crippen LogP contribution in [0.5, 0.6) is 0 Å². The van der Waals surface area contributed by atoms with E-state index < -0.39 is 24.1 Å². The lowest BCUT2D eigenvalue weighted by molar-refractivity contribution is -0.155. The minimum Gasteiger partial charge on any atom is -0.479 e. The molecule has 8 nitrogen and oxygen atoms in total. The van der Waals surface area contributed by atoms with Gasteiger partial charge in [-0.15, -0.1) is 0 Å². The third-order valence-electron chi connectivity index (χ3n) is 2.49. The predicted octanol–water partition coefficient (Wildman–Crippen LogP) is 0.602. The molecule has 1 unspecified atom stereocenters. The Bertz CT molecular complexity index is 556. The second-order valence-corrected chi connectivity index (χ2v) is 4.65. The summed E-state index contributed by atoms with van der Waals surface area (Å²) >= 11 is 0. The summed E-state index contributed by atoms with van der Waals surface area (Å²) in [4.78, 5) is 33.2. The van der Waals surface area contributed by atoms with E-state index in [0.29, 0.717) is 11.4 Å². The molecule has 1 rings (SSSR count). The molecule has 3 amide bonds.